The van der Waals surface area contributed by atoms with E-state index in [2.05, 4.69) is 22.8 Å². The van der Waals surface area contributed by atoms with E-state index in [0.717, 1.165) is 64.2 Å². The number of nitrogens with zero attached hydrogens (tertiary/aromatic N) is 4. The highest BCUT2D eigenvalue weighted by Crippen LogP contribution is 2.47. The molecule has 0 aromatic heterocycles. The average molecular weight is 413 g/mol. The van der Waals surface area contributed by atoms with Gasteiger partial charge in [0.2, 0.25) is 11.8 Å². The third-order valence-corrected chi connectivity index (χ3v) is 7.74. The van der Waals surface area contributed by atoms with Gasteiger partial charge >= 0.3 is 0 Å². The maximum Gasteiger partial charge on any atom is 0.237 e. The lowest BCUT2D eigenvalue weighted by Gasteiger charge is -2.41. The van der Waals surface area contributed by atoms with E-state index >= 15 is 0 Å². The molecule has 30 heavy (non-hydrogen) atoms. The minimum Gasteiger partial charge on any atom is -0.326 e. The first kappa shape index (κ1) is 21.1. The fraction of sp³-hybridized carbons (Fsp3) is 0.818. The van der Waals surface area contributed by atoms with E-state index in [9.17, 15) is 20.1 Å². The molecule has 8 heteroatoms. The number of fused-ring (bicyclic) bond motifs is 2. The smallest absolute Gasteiger partial charge is 0.237 e. The van der Waals surface area contributed by atoms with Gasteiger partial charge in [0.25, 0.3) is 0 Å². The number of hydrogen-bond acceptors (Lipinski definition) is 6. The topological polar surface area (TPSA) is 112 Å². The Labute approximate surface area is 178 Å². The Balaban J connectivity index is 1.31. The zero-order valence-electron chi connectivity index (χ0n) is 17.7. The molecular weight excluding hydrogens is 380 g/mol. The van der Waals surface area contributed by atoms with Crippen molar-refractivity contribution in [2.75, 3.05) is 26.2 Å². The molecule has 8 nitrogen and oxygen atoms in total. The summed E-state index contributed by atoms with van der Waals surface area (Å²) in [7, 11) is 0. The van der Waals surface area contributed by atoms with E-state index in [-0.39, 0.29) is 48.1 Å². The summed E-state index contributed by atoms with van der Waals surface area (Å²) in [5.41, 5.74) is -0.122. The molecule has 0 aromatic rings. The third-order valence-electron chi connectivity index (χ3n) is 7.74. The summed E-state index contributed by atoms with van der Waals surface area (Å²) < 4.78 is 0. The van der Waals surface area contributed by atoms with Crippen LogP contribution in [0.15, 0.2) is 0 Å². The Morgan fingerprint density at radius 1 is 0.800 bits per heavy atom. The molecule has 2 heterocycles. The Kier molecular flexibility index (Phi) is 5.99. The van der Waals surface area contributed by atoms with Crippen LogP contribution in [0, 0.1) is 22.7 Å². The van der Waals surface area contributed by atoms with Crippen molar-refractivity contribution in [1.82, 2.24) is 20.4 Å². The lowest BCUT2D eigenvalue weighted by molar-refractivity contribution is -0.131. The molecule has 4 aliphatic rings. The first-order chi connectivity index (χ1) is 14.5. The molecule has 162 valence electrons. The van der Waals surface area contributed by atoms with Crippen LogP contribution in [0.4, 0.5) is 0 Å². The van der Waals surface area contributed by atoms with Gasteiger partial charge in [-0.25, -0.2) is 0 Å². The fourth-order valence-corrected chi connectivity index (χ4v) is 6.10. The molecule has 0 aromatic carbocycles. The standard InChI is InChI=1S/C22H32N6O2/c23-12-17-4-1-10-27(17)19(29)14-25-21-6-3-7-22(16-21,9-8-21)26-15-20(30)28-11-2-5-18(28)13-24/h17-18,25-26H,1-11,14-16H2/t17-,18-,21?,22?/m0/s1. The first-order valence-electron chi connectivity index (χ1n) is 11.4. The number of carbonyl (C=O) groups excluding carboxylic acids is 2. The van der Waals surface area contributed by atoms with Crippen molar-refractivity contribution in [2.24, 2.45) is 0 Å². The summed E-state index contributed by atoms with van der Waals surface area (Å²) in [6.07, 6.45) is 9.42. The first-order valence-corrected chi connectivity index (χ1v) is 11.4. The number of amides is 2. The molecule has 4 fully saturated rings. The van der Waals surface area contributed by atoms with Crippen LogP contribution in [0.3, 0.4) is 0 Å². The molecule has 2 saturated heterocycles. The molecule has 2 bridgehead atoms. The molecule has 0 spiro atoms. The molecule has 2 aliphatic carbocycles. The Bertz CT molecular complexity index is 711. The summed E-state index contributed by atoms with van der Waals surface area (Å²) >= 11 is 0. The second-order valence-corrected chi connectivity index (χ2v) is 9.55. The van der Waals surface area contributed by atoms with Gasteiger partial charge in [0.15, 0.2) is 0 Å². The van der Waals surface area contributed by atoms with Gasteiger partial charge in [-0.2, -0.15) is 10.5 Å². The van der Waals surface area contributed by atoms with Crippen LogP contribution in [-0.4, -0.2) is 71.0 Å². The van der Waals surface area contributed by atoms with Gasteiger partial charge in [-0.3, -0.25) is 9.59 Å². The van der Waals surface area contributed by atoms with Gasteiger partial charge in [0.1, 0.15) is 12.1 Å². The molecular formula is C22H32N6O2. The summed E-state index contributed by atoms with van der Waals surface area (Å²) in [5, 5.41) is 25.6. The normalized spacial score (nSPS) is 35.3. The highest BCUT2D eigenvalue weighted by Gasteiger charge is 2.51. The monoisotopic (exact) mass is 412 g/mol. The summed E-state index contributed by atoms with van der Waals surface area (Å²) in [6.45, 7) is 1.93. The molecule has 2 amide bonds. The fourth-order valence-electron chi connectivity index (χ4n) is 6.10. The number of nitriles is 2. The van der Waals surface area contributed by atoms with Crippen LogP contribution in [0.2, 0.25) is 0 Å². The summed E-state index contributed by atoms with van der Waals surface area (Å²) in [6, 6.07) is 3.93. The second kappa shape index (κ2) is 8.53. The quantitative estimate of drug-likeness (QED) is 0.674. The van der Waals surface area contributed by atoms with Gasteiger partial charge in [-0.1, -0.05) is 0 Å². The van der Waals surface area contributed by atoms with Crippen LogP contribution in [-0.2, 0) is 9.59 Å². The van der Waals surface area contributed by atoms with Crippen LogP contribution >= 0.6 is 0 Å². The van der Waals surface area contributed by atoms with Crippen LogP contribution < -0.4 is 10.6 Å². The van der Waals surface area contributed by atoms with E-state index in [4.69, 9.17) is 0 Å². The number of likely N-dealkylation sites (tertiary alicyclic amines) is 2. The van der Waals surface area contributed by atoms with Gasteiger partial charge in [0, 0.05) is 24.2 Å². The molecule has 4 rings (SSSR count). The predicted molar refractivity (Wildman–Crippen MR) is 110 cm³/mol. The van der Waals surface area contributed by atoms with Gasteiger partial charge in [-0.05, 0) is 64.2 Å². The minimum atomic E-state index is -0.277. The van der Waals surface area contributed by atoms with E-state index < -0.39 is 0 Å². The van der Waals surface area contributed by atoms with Gasteiger partial charge < -0.3 is 20.4 Å². The zero-order valence-corrected chi connectivity index (χ0v) is 17.7. The molecule has 0 radical (unpaired) electrons. The lowest BCUT2D eigenvalue weighted by atomic mass is 9.78. The van der Waals surface area contributed by atoms with Crippen molar-refractivity contribution in [3.05, 3.63) is 0 Å². The van der Waals surface area contributed by atoms with Gasteiger partial charge in [-0.15, -0.1) is 0 Å². The van der Waals surface area contributed by atoms with E-state index in [1.807, 2.05) is 0 Å². The SMILES string of the molecule is N#C[C@@H]1CCCN1C(=O)CNC12CCCC(NCC(=O)N3CCC[C@H]3C#N)(CC1)C2. The molecule has 4 atom stereocenters. The molecule has 2 aliphatic heterocycles. The van der Waals surface area contributed by atoms with E-state index in [1.165, 1.54) is 0 Å². The lowest BCUT2D eigenvalue weighted by Crippen LogP contribution is -2.56. The average Bonchev–Trinajstić information content (AvgIpc) is 3.48. The van der Waals surface area contributed by atoms with E-state index in [0.29, 0.717) is 13.1 Å². The Hall–Kier alpha value is -2.16. The largest absolute Gasteiger partial charge is 0.326 e. The van der Waals surface area contributed by atoms with Crippen molar-refractivity contribution < 1.29 is 9.59 Å². The molecule has 2 unspecified atom stereocenters. The van der Waals surface area contributed by atoms with Crippen molar-refractivity contribution in [3.8, 4) is 12.1 Å². The number of hydrogen-bond donors (Lipinski definition) is 2. The zero-order chi connectivity index (χ0) is 21.2. The van der Waals surface area contributed by atoms with Crippen LogP contribution in [0.5, 0.6) is 0 Å². The van der Waals surface area contributed by atoms with Crippen LogP contribution in [0.1, 0.15) is 64.2 Å². The van der Waals surface area contributed by atoms with Crippen molar-refractivity contribution in [1.29, 1.82) is 10.5 Å². The van der Waals surface area contributed by atoms with Crippen molar-refractivity contribution >= 4 is 11.8 Å². The Morgan fingerprint density at radius 2 is 1.27 bits per heavy atom. The highest BCUT2D eigenvalue weighted by molar-refractivity contribution is 5.80. The minimum absolute atomic E-state index is 0.0243. The number of rotatable bonds is 6. The van der Waals surface area contributed by atoms with Crippen molar-refractivity contribution in [2.45, 2.75) is 87.4 Å². The Morgan fingerprint density at radius 3 is 1.70 bits per heavy atom. The summed E-state index contributed by atoms with van der Waals surface area (Å²) in [5.74, 6) is 0.0485. The van der Waals surface area contributed by atoms with Crippen LogP contribution in [0.25, 0.3) is 0 Å². The molecule has 2 saturated carbocycles. The highest BCUT2D eigenvalue weighted by atomic mass is 16.2. The van der Waals surface area contributed by atoms with Crippen molar-refractivity contribution in [3.63, 3.8) is 0 Å². The third kappa shape index (κ3) is 4.04. The van der Waals surface area contributed by atoms with E-state index in [1.54, 1.807) is 9.80 Å². The number of nitrogens with one attached hydrogen (secondary N) is 2. The maximum atomic E-state index is 12.7. The van der Waals surface area contributed by atoms with Gasteiger partial charge in [0.05, 0.1) is 25.2 Å². The number of carbonyl (C=O) groups is 2. The molecule has 2 N–H and O–H groups in total. The maximum absolute atomic E-state index is 12.7. The predicted octanol–water partition coefficient (Wildman–Crippen LogP) is 1.04. The second-order valence-electron chi connectivity index (χ2n) is 9.55. The summed E-state index contributed by atoms with van der Waals surface area (Å²) in [4.78, 5) is 28.7.